The first-order valence-electron chi connectivity index (χ1n) is 7.14. The summed E-state index contributed by atoms with van der Waals surface area (Å²) in [5.41, 5.74) is 8.15. The van der Waals surface area contributed by atoms with Crippen LogP contribution in [0.4, 0.5) is 4.39 Å². The van der Waals surface area contributed by atoms with E-state index in [4.69, 9.17) is 5.73 Å². The molecule has 104 valence electrons. The Balaban J connectivity index is 2.06. The number of aromatic nitrogens is 1. The zero-order chi connectivity index (χ0) is 14.0. The first-order valence-corrected chi connectivity index (χ1v) is 7.14. The Morgan fingerprint density at radius 3 is 2.45 bits per heavy atom. The van der Waals surface area contributed by atoms with E-state index in [2.05, 4.69) is 17.1 Å². The molecule has 2 N–H and O–H groups in total. The summed E-state index contributed by atoms with van der Waals surface area (Å²) in [6.07, 6.45) is 7.19. The fraction of sp³-hybridized carbons (Fsp3) is 0.353. The highest BCUT2D eigenvalue weighted by atomic mass is 19.1. The maximum Gasteiger partial charge on any atom is 0.146 e. The van der Waals surface area contributed by atoms with Crippen molar-refractivity contribution < 1.29 is 4.39 Å². The van der Waals surface area contributed by atoms with Crippen molar-refractivity contribution in [3.8, 4) is 0 Å². The summed E-state index contributed by atoms with van der Waals surface area (Å²) in [6, 6.07) is 11.7. The Labute approximate surface area is 118 Å². The largest absolute Gasteiger partial charge is 0.323 e. The van der Waals surface area contributed by atoms with Crippen LogP contribution >= 0.6 is 0 Å². The monoisotopic (exact) mass is 270 g/mol. The van der Waals surface area contributed by atoms with E-state index in [0.717, 1.165) is 25.7 Å². The van der Waals surface area contributed by atoms with Gasteiger partial charge in [0.1, 0.15) is 5.82 Å². The maximum absolute atomic E-state index is 14.0. The summed E-state index contributed by atoms with van der Waals surface area (Å²) in [5, 5.41) is 0. The average Bonchev–Trinajstić information content (AvgIpc) is 2.99. The van der Waals surface area contributed by atoms with Crippen molar-refractivity contribution in [1.82, 2.24) is 4.98 Å². The van der Waals surface area contributed by atoms with Crippen molar-refractivity contribution in [2.45, 2.75) is 37.1 Å². The number of hydrogen-bond acceptors (Lipinski definition) is 2. The molecule has 1 aliphatic carbocycles. The molecule has 0 spiro atoms. The van der Waals surface area contributed by atoms with E-state index in [1.165, 1.54) is 11.8 Å². The first-order chi connectivity index (χ1) is 9.74. The quantitative estimate of drug-likeness (QED) is 0.923. The number of rotatable bonds is 3. The van der Waals surface area contributed by atoms with Crippen LogP contribution in [0.2, 0.25) is 0 Å². The Morgan fingerprint density at radius 2 is 1.80 bits per heavy atom. The molecule has 20 heavy (non-hydrogen) atoms. The van der Waals surface area contributed by atoms with Crippen molar-refractivity contribution in [2.24, 2.45) is 5.73 Å². The first kappa shape index (κ1) is 13.3. The fourth-order valence-corrected chi connectivity index (χ4v) is 3.49. The zero-order valence-corrected chi connectivity index (χ0v) is 11.4. The van der Waals surface area contributed by atoms with Crippen molar-refractivity contribution in [3.63, 3.8) is 0 Å². The van der Waals surface area contributed by atoms with Crippen LogP contribution in [0.3, 0.4) is 0 Å². The molecule has 0 bridgehead atoms. The Bertz CT molecular complexity index is 577. The zero-order valence-electron chi connectivity index (χ0n) is 11.4. The molecule has 1 fully saturated rings. The molecule has 1 aromatic heterocycles. The van der Waals surface area contributed by atoms with E-state index in [1.54, 1.807) is 12.3 Å². The third-order valence-electron chi connectivity index (χ3n) is 4.58. The Hall–Kier alpha value is -1.74. The van der Waals surface area contributed by atoms with E-state index in [9.17, 15) is 4.39 Å². The van der Waals surface area contributed by atoms with Crippen LogP contribution in [0.5, 0.6) is 0 Å². The van der Waals surface area contributed by atoms with Crippen LogP contribution in [-0.2, 0) is 5.41 Å². The molecule has 1 aromatic carbocycles. The van der Waals surface area contributed by atoms with Gasteiger partial charge >= 0.3 is 0 Å². The van der Waals surface area contributed by atoms with Crippen LogP contribution in [0.25, 0.3) is 0 Å². The number of benzene rings is 1. The van der Waals surface area contributed by atoms with Gasteiger partial charge in [0, 0.05) is 23.2 Å². The lowest BCUT2D eigenvalue weighted by atomic mass is 9.71. The van der Waals surface area contributed by atoms with Gasteiger partial charge in [-0.25, -0.2) is 4.39 Å². The molecule has 1 atom stereocenters. The molecule has 1 saturated carbocycles. The van der Waals surface area contributed by atoms with E-state index < -0.39 is 0 Å². The van der Waals surface area contributed by atoms with Gasteiger partial charge in [-0.1, -0.05) is 43.2 Å². The predicted molar refractivity (Wildman–Crippen MR) is 77.7 cm³/mol. The molecule has 1 unspecified atom stereocenters. The highest BCUT2D eigenvalue weighted by molar-refractivity contribution is 5.34. The number of nitrogens with two attached hydrogens (primary N) is 1. The Morgan fingerprint density at radius 1 is 1.10 bits per heavy atom. The third-order valence-corrected chi connectivity index (χ3v) is 4.58. The lowest BCUT2D eigenvalue weighted by Crippen LogP contribution is -2.37. The maximum atomic E-state index is 14.0. The second-order valence-electron chi connectivity index (χ2n) is 5.60. The van der Waals surface area contributed by atoms with Crippen LogP contribution in [0, 0.1) is 5.82 Å². The molecule has 0 radical (unpaired) electrons. The molecule has 2 nitrogen and oxygen atoms in total. The SMILES string of the molecule is NC(c1ccncc1F)C1(c2ccccc2)CCCC1. The topological polar surface area (TPSA) is 38.9 Å². The molecular weight excluding hydrogens is 251 g/mol. The standard InChI is InChI=1S/C17H19FN2/c18-15-12-20-11-8-14(15)16(19)17(9-4-5-10-17)13-6-2-1-3-7-13/h1-3,6-8,11-12,16H,4-5,9-10,19H2. The number of pyridine rings is 1. The molecule has 1 heterocycles. The Kier molecular flexibility index (Phi) is 3.53. The predicted octanol–water partition coefficient (Wildman–Crippen LogP) is 3.73. The fourth-order valence-electron chi connectivity index (χ4n) is 3.49. The van der Waals surface area contributed by atoms with Crippen molar-refractivity contribution in [2.75, 3.05) is 0 Å². The van der Waals surface area contributed by atoms with Gasteiger partial charge in [-0.3, -0.25) is 4.98 Å². The van der Waals surface area contributed by atoms with Gasteiger partial charge in [0.25, 0.3) is 0 Å². The minimum absolute atomic E-state index is 0.149. The highest BCUT2D eigenvalue weighted by Crippen LogP contribution is 2.48. The molecule has 0 amide bonds. The smallest absolute Gasteiger partial charge is 0.146 e. The van der Waals surface area contributed by atoms with Crippen molar-refractivity contribution >= 4 is 0 Å². The molecule has 3 heteroatoms. The van der Waals surface area contributed by atoms with E-state index in [0.29, 0.717) is 5.56 Å². The lowest BCUT2D eigenvalue weighted by Gasteiger charge is -2.36. The average molecular weight is 270 g/mol. The summed E-state index contributed by atoms with van der Waals surface area (Å²) >= 11 is 0. The molecule has 0 aliphatic heterocycles. The number of hydrogen-bond donors (Lipinski definition) is 1. The van der Waals surface area contributed by atoms with Crippen LogP contribution in [0.15, 0.2) is 48.8 Å². The van der Waals surface area contributed by atoms with Crippen molar-refractivity contribution in [3.05, 3.63) is 65.7 Å². The molecule has 2 aromatic rings. The summed E-state index contributed by atoms with van der Waals surface area (Å²) in [7, 11) is 0. The molecule has 0 saturated heterocycles. The van der Waals surface area contributed by atoms with Crippen LogP contribution in [0.1, 0.15) is 42.9 Å². The van der Waals surface area contributed by atoms with Gasteiger partial charge < -0.3 is 5.73 Å². The normalized spacial score (nSPS) is 18.9. The summed E-state index contributed by atoms with van der Waals surface area (Å²) in [6.45, 7) is 0. The summed E-state index contributed by atoms with van der Waals surface area (Å²) in [5.74, 6) is -0.304. The van der Waals surface area contributed by atoms with Gasteiger partial charge in [0.05, 0.1) is 6.20 Å². The highest BCUT2D eigenvalue weighted by Gasteiger charge is 2.42. The van der Waals surface area contributed by atoms with Gasteiger partial charge in [-0.2, -0.15) is 0 Å². The molecule has 1 aliphatic rings. The summed E-state index contributed by atoms with van der Waals surface area (Å²) < 4.78 is 14.0. The number of halogens is 1. The second-order valence-corrected chi connectivity index (χ2v) is 5.60. The van der Waals surface area contributed by atoms with Gasteiger partial charge in [0.15, 0.2) is 0 Å². The van der Waals surface area contributed by atoms with Crippen LogP contribution in [-0.4, -0.2) is 4.98 Å². The molecule has 3 rings (SSSR count). The van der Waals surface area contributed by atoms with Gasteiger partial charge in [-0.05, 0) is 24.5 Å². The lowest BCUT2D eigenvalue weighted by molar-refractivity contribution is 0.347. The van der Waals surface area contributed by atoms with E-state index >= 15 is 0 Å². The second kappa shape index (κ2) is 5.33. The van der Waals surface area contributed by atoms with Crippen molar-refractivity contribution in [1.29, 1.82) is 0 Å². The van der Waals surface area contributed by atoms with Crippen LogP contribution < -0.4 is 5.73 Å². The van der Waals surface area contributed by atoms with Gasteiger partial charge in [-0.15, -0.1) is 0 Å². The van der Waals surface area contributed by atoms with Gasteiger partial charge in [0.2, 0.25) is 0 Å². The number of nitrogens with zero attached hydrogens (tertiary/aromatic N) is 1. The summed E-state index contributed by atoms with van der Waals surface area (Å²) in [4.78, 5) is 3.82. The minimum atomic E-state index is -0.324. The minimum Gasteiger partial charge on any atom is -0.323 e. The van der Waals surface area contributed by atoms with E-state index in [1.807, 2.05) is 18.2 Å². The third kappa shape index (κ3) is 2.12. The van der Waals surface area contributed by atoms with E-state index in [-0.39, 0.29) is 17.3 Å². The molecular formula is C17H19FN2.